The van der Waals surface area contributed by atoms with Crippen molar-refractivity contribution in [3.8, 4) is 0 Å². The molecule has 2 aliphatic rings. The van der Waals surface area contributed by atoms with Crippen LogP contribution in [0.25, 0.3) is 0 Å². The van der Waals surface area contributed by atoms with Crippen LogP contribution >= 0.6 is 39.9 Å². The van der Waals surface area contributed by atoms with Gasteiger partial charge >= 0.3 is 0 Å². The van der Waals surface area contributed by atoms with Gasteiger partial charge in [0.15, 0.2) is 0 Å². The Balaban J connectivity index is 1.36. The predicted octanol–water partition coefficient (Wildman–Crippen LogP) is 3.69. The van der Waals surface area contributed by atoms with Crippen molar-refractivity contribution in [1.82, 2.24) is 9.47 Å². The quantitative estimate of drug-likeness (QED) is 0.683. The molecule has 1 aromatic carbocycles. The third-order valence-electron chi connectivity index (χ3n) is 5.21. The molecule has 2 atom stereocenters. The lowest BCUT2D eigenvalue weighted by Crippen LogP contribution is -2.48. The smallest absolute Gasteiger partial charge is 0.250 e. The Morgan fingerprint density at radius 2 is 2.00 bits per heavy atom. The van der Waals surface area contributed by atoms with Crippen molar-refractivity contribution in [2.45, 2.75) is 18.9 Å². The van der Waals surface area contributed by atoms with Crippen LogP contribution in [-0.2, 0) is 11.3 Å². The van der Waals surface area contributed by atoms with Gasteiger partial charge in [-0.1, -0.05) is 42.2 Å². The molecule has 1 N–H and O–H groups in total. The fourth-order valence-corrected chi connectivity index (χ4v) is 5.38. The first-order valence-corrected chi connectivity index (χ1v) is 11.4. The highest BCUT2D eigenvalue weighted by Gasteiger charge is 2.35. The summed E-state index contributed by atoms with van der Waals surface area (Å²) < 4.78 is 3.52. The molecule has 4 rings (SSSR count). The summed E-state index contributed by atoms with van der Waals surface area (Å²) in [5.41, 5.74) is 1.95. The first-order chi connectivity index (χ1) is 13.5. The van der Waals surface area contributed by atoms with E-state index in [1.165, 1.54) is 11.8 Å². The largest absolute Gasteiger partial charge is 0.356 e. The Morgan fingerprint density at radius 3 is 2.82 bits per heavy atom. The number of hydrogen-bond donors (Lipinski definition) is 1. The Morgan fingerprint density at radius 1 is 1.18 bits per heavy atom. The zero-order chi connectivity index (χ0) is 19.7. The molecule has 2 aromatic rings. The number of piperidine rings is 1. The molecule has 1 aromatic heterocycles. The number of para-hydroxylation sites is 1. The molecule has 1 amide bonds. The lowest BCUT2D eigenvalue weighted by Gasteiger charge is -2.43. The first kappa shape index (κ1) is 19.7. The molecule has 1 saturated heterocycles. The summed E-state index contributed by atoms with van der Waals surface area (Å²) in [4.78, 5) is 26.6. The molecule has 5 nitrogen and oxygen atoms in total. The number of thiocarbonyl (C=S) groups is 1. The van der Waals surface area contributed by atoms with E-state index in [2.05, 4.69) is 26.1 Å². The SMILES string of the molecule is O=C(CSC(=S)N1C[C@@H]2C[C@H](C1)c1cccc(=O)n1C2)Nc1ccccc1Br. The molecule has 0 radical (unpaired) electrons. The third-order valence-corrected chi connectivity index (χ3v) is 7.43. The van der Waals surface area contributed by atoms with Gasteiger partial charge in [0, 0.05) is 41.8 Å². The van der Waals surface area contributed by atoms with Crippen LogP contribution in [0.5, 0.6) is 0 Å². The number of anilines is 1. The van der Waals surface area contributed by atoms with Crippen molar-refractivity contribution in [2.24, 2.45) is 5.92 Å². The number of likely N-dealkylation sites (tertiary alicyclic amines) is 1. The van der Waals surface area contributed by atoms with E-state index in [1.807, 2.05) is 41.0 Å². The second-order valence-corrected chi connectivity index (χ2v) is 9.65. The van der Waals surface area contributed by atoms with E-state index in [0.717, 1.165) is 46.2 Å². The number of carbonyl (C=O) groups excluding carboxylic acids is 1. The van der Waals surface area contributed by atoms with Crippen LogP contribution in [-0.4, -0.2) is 38.5 Å². The van der Waals surface area contributed by atoms with Gasteiger partial charge in [-0.15, -0.1) is 0 Å². The van der Waals surface area contributed by atoms with E-state index >= 15 is 0 Å². The molecule has 0 spiro atoms. The van der Waals surface area contributed by atoms with Crippen molar-refractivity contribution < 1.29 is 4.79 Å². The lowest BCUT2D eigenvalue weighted by molar-refractivity contribution is -0.113. The van der Waals surface area contributed by atoms with Gasteiger partial charge in [0.2, 0.25) is 5.91 Å². The molecule has 8 heteroatoms. The average Bonchev–Trinajstić information content (AvgIpc) is 2.68. The number of halogens is 1. The zero-order valence-corrected chi connectivity index (χ0v) is 18.4. The highest BCUT2D eigenvalue weighted by Crippen LogP contribution is 2.36. The molecule has 1 fully saturated rings. The maximum absolute atomic E-state index is 12.3. The minimum atomic E-state index is -0.0756. The second-order valence-electron chi connectivity index (χ2n) is 7.19. The number of nitrogens with one attached hydrogen (secondary N) is 1. The molecule has 146 valence electrons. The van der Waals surface area contributed by atoms with Crippen LogP contribution in [0.4, 0.5) is 5.69 Å². The fraction of sp³-hybridized carbons (Fsp3) is 0.350. The van der Waals surface area contributed by atoms with E-state index in [-0.39, 0.29) is 17.2 Å². The number of amides is 1. The van der Waals surface area contributed by atoms with Crippen LogP contribution in [0.15, 0.2) is 51.7 Å². The molecule has 2 aliphatic heterocycles. The topological polar surface area (TPSA) is 54.3 Å². The summed E-state index contributed by atoms with van der Waals surface area (Å²) in [5.74, 6) is 0.934. The Bertz CT molecular complexity index is 978. The average molecular weight is 478 g/mol. The normalized spacial score (nSPS) is 20.4. The van der Waals surface area contributed by atoms with E-state index < -0.39 is 0 Å². The van der Waals surface area contributed by atoms with E-state index in [4.69, 9.17) is 12.2 Å². The minimum Gasteiger partial charge on any atom is -0.356 e. The lowest BCUT2D eigenvalue weighted by atomic mass is 9.83. The Labute approximate surface area is 181 Å². The fourth-order valence-electron chi connectivity index (χ4n) is 4.01. The number of fused-ring (bicyclic) bond motifs is 4. The monoisotopic (exact) mass is 477 g/mol. The summed E-state index contributed by atoms with van der Waals surface area (Å²) >= 11 is 10.5. The van der Waals surface area contributed by atoms with Gasteiger partial charge < -0.3 is 14.8 Å². The van der Waals surface area contributed by atoms with Gasteiger partial charge in [-0.25, -0.2) is 0 Å². The number of carbonyl (C=O) groups is 1. The summed E-state index contributed by atoms with van der Waals surface area (Å²) in [6, 6.07) is 13.1. The van der Waals surface area contributed by atoms with Crippen LogP contribution in [0, 0.1) is 5.92 Å². The minimum absolute atomic E-state index is 0.0756. The van der Waals surface area contributed by atoms with Crippen molar-refractivity contribution in [2.75, 3.05) is 24.2 Å². The van der Waals surface area contributed by atoms with Gasteiger partial charge in [0.05, 0.1) is 11.4 Å². The number of hydrogen-bond acceptors (Lipinski definition) is 4. The molecule has 28 heavy (non-hydrogen) atoms. The highest BCUT2D eigenvalue weighted by molar-refractivity contribution is 9.10. The molecule has 3 heterocycles. The molecule has 2 bridgehead atoms. The van der Waals surface area contributed by atoms with Gasteiger partial charge in [-0.05, 0) is 46.5 Å². The van der Waals surface area contributed by atoms with Crippen molar-refractivity contribution in [3.63, 3.8) is 0 Å². The van der Waals surface area contributed by atoms with E-state index in [9.17, 15) is 9.59 Å². The van der Waals surface area contributed by atoms with Crippen LogP contribution in [0.1, 0.15) is 18.0 Å². The Hall–Kier alpha value is -1.64. The maximum atomic E-state index is 12.3. The van der Waals surface area contributed by atoms with Crippen LogP contribution in [0.2, 0.25) is 0 Å². The van der Waals surface area contributed by atoms with Crippen molar-refractivity contribution in [1.29, 1.82) is 0 Å². The van der Waals surface area contributed by atoms with Gasteiger partial charge in [-0.3, -0.25) is 9.59 Å². The molecule has 0 saturated carbocycles. The zero-order valence-electron chi connectivity index (χ0n) is 15.1. The van der Waals surface area contributed by atoms with Gasteiger partial charge in [0.1, 0.15) is 4.32 Å². The van der Waals surface area contributed by atoms with Crippen molar-refractivity contribution in [3.05, 3.63) is 63.0 Å². The number of rotatable bonds is 3. The predicted molar refractivity (Wildman–Crippen MR) is 121 cm³/mol. The van der Waals surface area contributed by atoms with Crippen molar-refractivity contribution >= 4 is 55.8 Å². The van der Waals surface area contributed by atoms with Gasteiger partial charge in [-0.2, -0.15) is 0 Å². The van der Waals surface area contributed by atoms with Crippen LogP contribution < -0.4 is 10.9 Å². The molecular weight excluding hydrogens is 458 g/mol. The second kappa shape index (κ2) is 8.39. The number of aromatic nitrogens is 1. The summed E-state index contributed by atoms with van der Waals surface area (Å²) in [6.45, 7) is 2.39. The van der Waals surface area contributed by atoms with Crippen LogP contribution in [0.3, 0.4) is 0 Å². The molecule has 0 aliphatic carbocycles. The maximum Gasteiger partial charge on any atom is 0.250 e. The van der Waals surface area contributed by atoms with Gasteiger partial charge in [0.25, 0.3) is 5.56 Å². The number of benzene rings is 1. The Kier molecular flexibility index (Phi) is 5.89. The summed E-state index contributed by atoms with van der Waals surface area (Å²) in [6.07, 6.45) is 1.09. The number of nitrogens with zero attached hydrogens (tertiary/aromatic N) is 2. The third kappa shape index (κ3) is 4.18. The number of pyridine rings is 1. The van der Waals surface area contributed by atoms with E-state index in [0.29, 0.717) is 11.8 Å². The standard InChI is InChI=1S/C20H20BrN3O2S2/c21-15-4-1-2-5-16(15)22-18(25)12-28-20(27)23-9-13-8-14(11-23)17-6-3-7-19(26)24(17)10-13/h1-7,13-14H,8-12H2,(H,22,25)/t13-,14+/m0/s1. The summed E-state index contributed by atoms with van der Waals surface area (Å²) in [7, 11) is 0. The molecular formula is C20H20BrN3O2S2. The molecule has 0 unspecified atom stereocenters. The highest BCUT2D eigenvalue weighted by atomic mass is 79.9. The summed E-state index contributed by atoms with van der Waals surface area (Å²) in [5, 5.41) is 2.90. The number of thioether (sulfide) groups is 1. The first-order valence-electron chi connectivity index (χ1n) is 9.17. The van der Waals surface area contributed by atoms with E-state index in [1.54, 1.807) is 6.07 Å².